The van der Waals surface area contributed by atoms with Crippen LogP contribution in [0.4, 0.5) is 14.4 Å². The molecule has 9 heterocycles. The molecule has 0 unspecified atom stereocenters. The molecule has 18 rings (SSSR count). The van der Waals surface area contributed by atoms with E-state index in [1.807, 2.05) is 145 Å². The summed E-state index contributed by atoms with van der Waals surface area (Å²) < 4.78 is 54.2. The van der Waals surface area contributed by atoms with E-state index in [9.17, 15) is 43.2 Å². The van der Waals surface area contributed by atoms with Crippen LogP contribution < -0.4 is 44.4 Å². The molecule has 9 fully saturated rings. The molecule has 3 radical (unpaired) electrons. The number of nitrogens with zero attached hydrogens (tertiary/aromatic N) is 9. The summed E-state index contributed by atoms with van der Waals surface area (Å²) in [5.74, 6) is 2.47. The molecular weight excluding hydrogens is 1830 g/mol. The van der Waals surface area contributed by atoms with Gasteiger partial charge in [-0.25, -0.2) is 63.1 Å². The molecule has 6 aromatic rings. The van der Waals surface area contributed by atoms with E-state index in [4.69, 9.17) is 72.5 Å². The maximum atomic E-state index is 14.2. The fraction of sp³-hybridized carbons (Fsp3) is 0.676. The molecular formula is C102H135N12O18V3-3. The standard InChI is InChI=1S/C35H47N4O6.C34H45N4O6.C33H43N4O6.3V/c1-6-23-26(20-40)39-19-28(23)44-31-29(36-24-14-13-22(43-5)18-25(24)37-31)35(16-17-35)15-8-7-10-21-11-9-12-27(21)45-33(42)38-30(32(39)41)34(2,3)4;1-7-22-25(19-39)38-18-26(22)43-29-27(35-23-12-11-21(42-6)16-24(23)36-29)34(14-15-34)13-9-8-10-20-17-33(20,5)44-31(41)37-28(30(38)40)32(2,3)4;1-6-21-24(18-38)37-17-26(21)42-29-27(34-22-11-10-20(41-5)16-23(22)35-29)33(13-14-33)12-8-7-9-19-15-25(19)43-31(40)36-28(30(37)39)32(2,3)4;;;/h13-14,18,21,23,26-28,30H,6-12,15-17,19H2,1-5H3,(H,38,42);11-12,16,20,22,25-26,28H,7-10,13-15,17-18H2,1-6H3,(H,37,41);10-11,16,19,21,24-26,28H,6-9,12-15,17H2,1-5H3,(H,36,40);;;/q3*-1;;;/t21-,23+,26-,27-,28+,30-;20-,22+,25-,26+,28-,33-;19-,21+,24-,25-,26+,28-;;;/m111.../s1. The average molecular weight is 1970 g/mol. The number of methoxy groups -OCH3 is 3. The van der Waals surface area contributed by atoms with Crippen molar-refractivity contribution in [1.82, 2.24) is 60.6 Å². The van der Waals surface area contributed by atoms with Gasteiger partial charge in [0.15, 0.2) is 0 Å². The van der Waals surface area contributed by atoms with E-state index in [0.29, 0.717) is 88.5 Å². The smallest absolute Gasteiger partial charge is 0.408 e. The molecule has 33 heteroatoms. The molecule has 6 aliphatic carbocycles. The molecule has 3 aromatic heterocycles. The summed E-state index contributed by atoms with van der Waals surface area (Å²) in [6.07, 6.45) is 27.4. The van der Waals surface area contributed by atoms with Gasteiger partial charge >= 0.3 is 18.3 Å². The molecule has 18 atom stereocenters. The molecule has 3 aromatic carbocycles. The van der Waals surface area contributed by atoms with Crippen LogP contribution in [0.3, 0.4) is 0 Å². The largest absolute Gasteiger partial charge is 0.540 e. The first-order valence-corrected chi connectivity index (χ1v) is 48.6. The van der Waals surface area contributed by atoms with Crippen LogP contribution in [0.1, 0.15) is 274 Å². The summed E-state index contributed by atoms with van der Waals surface area (Å²) in [6, 6.07) is 11.9. The van der Waals surface area contributed by atoms with Crippen molar-refractivity contribution in [2.75, 3.05) is 41.0 Å². The number of alkyl carbamates (subject to hydrolysis) is 3. The number of amides is 6. The Morgan fingerprint density at radius 1 is 0.393 bits per heavy atom. The fourth-order valence-corrected chi connectivity index (χ4v) is 22.1. The number of hydrogen-bond acceptors (Lipinski definition) is 24. The second-order valence-corrected chi connectivity index (χ2v) is 43.1. The van der Waals surface area contributed by atoms with Gasteiger partial charge in [-0.15, -0.1) is 0 Å². The topological polar surface area (TPSA) is 360 Å². The van der Waals surface area contributed by atoms with Crippen molar-refractivity contribution >= 4 is 88.0 Å². The Morgan fingerprint density at radius 3 is 1.04 bits per heavy atom. The van der Waals surface area contributed by atoms with E-state index in [1.165, 1.54) is 14.7 Å². The van der Waals surface area contributed by atoms with Gasteiger partial charge in [-0.1, -0.05) is 159 Å². The van der Waals surface area contributed by atoms with E-state index >= 15 is 0 Å². The monoisotopic (exact) mass is 1970 g/mol. The zero-order chi connectivity index (χ0) is 93.9. The zero-order valence-corrected chi connectivity index (χ0v) is 85.4. The Morgan fingerprint density at radius 2 is 0.719 bits per heavy atom. The van der Waals surface area contributed by atoms with E-state index in [2.05, 4.69) is 34.8 Å². The van der Waals surface area contributed by atoms with Gasteiger partial charge in [0.05, 0.1) is 74.1 Å². The van der Waals surface area contributed by atoms with Crippen LogP contribution >= 0.6 is 0 Å². The fourth-order valence-electron chi connectivity index (χ4n) is 22.1. The first kappa shape index (κ1) is 104. The van der Waals surface area contributed by atoms with Gasteiger partial charge in [-0.05, 0) is 198 Å². The van der Waals surface area contributed by atoms with Crippen LogP contribution in [0.2, 0.25) is 0 Å². The van der Waals surface area contributed by atoms with Crippen molar-refractivity contribution in [3.63, 3.8) is 0 Å². The predicted molar refractivity (Wildman–Crippen MR) is 493 cm³/mol. The molecule has 3 spiro atoms. The van der Waals surface area contributed by atoms with Crippen molar-refractivity contribution in [3.8, 4) is 34.9 Å². The second kappa shape index (κ2) is 41.9. The Bertz CT molecular complexity index is 5330. The van der Waals surface area contributed by atoms with Gasteiger partial charge < -0.3 is 87.7 Å². The third kappa shape index (κ3) is 22.2. The average Bonchev–Trinajstić information content (AvgIpc) is 1.61. The van der Waals surface area contributed by atoms with Crippen molar-refractivity contribution in [3.05, 3.63) is 71.7 Å². The van der Waals surface area contributed by atoms with Crippen molar-refractivity contribution in [2.45, 2.75) is 346 Å². The third-order valence-corrected chi connectivity index (χ3v) is 31.0. The molecule has 6 saturated carbocycles. The predicted octanol–water partition coefficient (Wildman–Crippen LogP) is 15.8. The van der Waals surface area contributed by atoms with E-state index in [1.54, 1.807) is 21.3 Å². The summed E-state index contributed by atoms with van der Waals surface area (Å²) in [7, 11) is 4.86. The van der Waals surface area contributed by atoms with Crippen molar-refractivity contribution in [1.29, 1.82) is 0 Å². The zero-order valence-electron chi connectivity index (χ0n) is 81.2. The molecule has 135 heavy (non-hydrogen) atoms. The number of rotatable bonds is 9. The van der Waals surface area contributed by atoms with E-state index in [-0.39, 0.29) is 139 Å². The number of carbonyl (C=O) groups is 6. The Hall–Kier alpha value is -8.54. The van der Waals surface area contributed by atoms with Crippen LogP contribution in [-0.2, 0) is 115 Å². The number of carbonyl (C=O) groups excluding carboxylic acids is 9. The van der Waals surface area contributed by atoms with Gasteiger partial charge in [0.2, 0.25) is 35.4 Å². The second-order valence-electron chi connectivity index (χ2n) is 43.1. The van der Waals surface area contributed by atoms with Gasteiger partial charge in [-0.2, -0.15) is 0 Å². The maximum Gasteiger partial charge on any atom is 0.408 e. The SMILES string of the molecule is CC[C@@H]1[C@@H]2CN(C(=O)[C@H](C(C)(C)C)NC(=O)O[C@@H]3CCC[C@H]3CCCCC3(CC3)c3nc4ccc(OC)cc4nc3O2)[C@@H]1[C-]=O.CC[C@@H]1[C@@H]2CN(C(=O)[C@H](C(C)(C)C)NC(=O)O[C@@H]3C[C@H]3CCCCC3(CC3)c3nc4ccc(OC)cc4nc3O2)[C@@H]1[C-]=O.CC[C@@H]1[C@@H]2CN(C(=O)[C@H](C(C)(C)C)NC(=O)O[C@]3(C)C[C@H]3CCCCC3(CC3)c3nc4ccc(OC)cc4nc3O2)[C@@H]1[C-]=O.[V].[V].[V]. The van der Waals surface area contributed by atoms with Crippen LogP contribution in [-0.4, -0.2) is 213 Å². The summed E-state index contributed by atoms with van der Waals surface area (Å²) in [6.45, 7) is 25.5. The van der Waals surface area contributed by atoms with Crippen LogP contribution in [0, 0.1) is 51.8 Å². The number of ether oxygens (including phenoxy) is 9. The van der Waals surface area contributed by atoms with Gasteiger partial charge in [0.25, 0.3) is 0 Å². The van der Waals surface area contributed by atoms with Crippen LogP contribution in [0.25, 0.3) is 33.1 Å². The molecule has 6 bridgehead atoms. The third-order valence-electron chi connectivity index (χ3n) is 31.0. The number of benzene rings is 3. The maximum absolute atomic E-state index is 14.2. The van der Waals surface area contributed by atoms with Gasteiger partial charge in [0.1, 0.15) is 88.6 Å². The van der Waals surface area contributed by atoms with Crippen LogP contribution in [0.5, 0.6) is 34.9 Å². The first-order valence-electron chi connectivity index (χ1n) is 48.6. The van der Waals surface area contributed by atoms with Crippen LogP contribution in [0.15, 0.2) is 54.6 Å². The molecule has 12 aliphatic rings. The molecule has 6 aliphatic heterocycles. The summed E-state index contributed by atoms with van der Waals surface area (Å²) in [4.78, 5) is 154. The molecule has 3 saturated heterocycles. The molecule has 6 amide bonds. The van der Waals surface area contributed by atoms with Crippen molar-refractivity contribution in [2.24, 2.45) is 51.8 Å². The Labute approximate surface area is 829 Å². The number of nitrogens with one attached hydrogen (secondary N) is 3. The number of aromatic nitrogens is 6. The Balaban J connectivity index is 0.000000170. The minimum Gasteiger partial charge on any atom is -0.540 e. The summed E-state index contributed by atoms with van der Waals surface area (Å²) in [5.41, 5.74) is 4.21. The quantitative estimate of drug-likeness (QED) is 0.0894. The number of fused-ring (bicyclic) bond motifs is 18. The Kier molecular flexibility index (Phi) is 32.2. The summed E-state index contributed by atoms with van der Waals surface area (Å²) in [5, 5.41) is 8.59. The van der Waals surface area contributed by atoms with Gasteiger partial charge in [0, 0.05) is 96.0 Å². The molecule has 3 N–H and O–H groups in total. The van der Waals surface area contributed by atoms with Crippen molar-refractivity contribution < 1.29 is 141 Å². The summed E-state index contributed by atoms with van der Waals surface area (Å²) >= 11 is 0. The first-order chi connectivity index (χ1) is 63.0. The van der Waals surface area contributed by atoms with E-state index < -0.39 is 94.7 Å². The molecule has 729 valence electrons. The van der Waals surface area contributed by atoms with Gasteiger partial charge in [-0.3, -0.25) is 14.4 Å². The number of hydrogen-bond donors (Lipinski definition) is 3. The minimum atomic E-state index is -0.903. The molecule has 30 nitrogen and oxygen atoms in total. The minimum absolute atomic E-state index is 0. The normalized spacial score (nSPS) is 30.3. The van der Waals surface area contributed by atoms with E-state index in [0.717, 1.165) is 181 Å².